The van der Waals surface area contributed by atoms with Crippen LogP contribution in [0.3, 0.4) is 0 Å². The van der Waals surface area contributed by atoms with E-state index in [2.05, 4.69) is 33.7 Å². The number of ether oxygens (including phenoxy) is 2. The molecule has 0 bridgehead atoms. The van der Waals surface area contributed by atoms with E-state index in [-0.39, 0.29) is 6.61 Å². The Morgan fingerprint density at radius 1 is 1.04 bits per heavy atom. The minimum atomic E-state index is -0.459. The molecule has 0 aromatic heterocycles. The summed E-state index contributed by atoms with van der Waals surface area (Å²) < 4.78 is 12.0. The summed E-state index contributed by atoms with van der Waals surface area (Å²) in [6.45, 7) is 4.40. The molecule has 6 nitrogen and oxygen atoms in total. The molecule has 2 amide bonds. The first kappa shape index (κ1) is 20.8. The highest BCUT2D eigenvalue weighted by molar-refractivity contribution is 9.10. The Labute approximate surface area is 167 Å². The van der Waals surface area contributed by atoms with Gasteiger partial charge in [0.15, 0.2) is 6.61 Å². The number of halogens is 1. The zero-order chi connectivity index (χ0) is 19.6. The third kappa shape index (κ3) is 6.94. The molecule has 0 aliphatic carbocycles. The summed E-state index contributed by atoms with van der Waals surface area (Å²) in [7, 11) is 0. The Kier molecular flexibility index (Phi) is 8.13. The first-order valence-electron chi connectivity index (χ1n) is 8.70. The Hall–Kier alpha value is -2.54. The quantitative estimate of drug-likeness (QED) is 0.489. The van der Waals surface area contributed by atoms with E-state index in [9.17, 15) is 9.59 Å². The van der Waals surface area contributed by atoms with E-state index in [1.807, 2.05) is 19.1 Å². The zero-order valence-electron chi connectivity index (χ0n) is 15.4. The van der Waals surface area contributed by atoms with Crippen LogP contribution in [0, 0.1) is 6.92 Å². The van der Waals surface area contributed by atoms with E-state index < -0.39 is 11.8 Å². The number of carbonyl (C=O) groups excluding carboxylic acids is 2. The van der Waals surface area contributed by atoms with Crippen LogP contribution in [0.1, 0.15) is 35.7 Å². The van der Waals surface area contributed by atoms with Gasteiger partial charge in [0, 0.05) is 10.0 Å². The highest BCUT2D eigenvalue weighted by Gasteiger charge is 2.09. The van der Waals surface area contributed by atoms with Gasteiger partial charge in [-0.1, -0.05) is 35.3 Å². The maximum absolute atomic E-state index is 12.2. The van der Waals surface area contributed by atoms with Crippen LogP contribution in [0.5, 0.6) is 11.5 Å². The molecule has 0 fully saturated rings. The van der Waals surface area contributed by atoms with Crippen LogP contribution in [-0.2, 0) is 4.79 Å². The molecule has 2 aromatic carbocycles. The number of carbonyl (C=O) groups is 2. The highest BCUT2D eigenvalue weighted by atomic mass is 79.9. The number of nitrogens with one attached hydrogen (secondary N) is 2. The van der Waals surface area contributed by atoms with Crippen molar-refractivity contribution in [2.24, 2.45) is 0 Å². The van der Waals surface area contributed by atoms with Gasteiger partial charge in [-0.05, 0) is 55.3 Å². The molecule has 0 saturated heterocycles. The molecule has 144 valence electrons. The minimum Gasteiger partial charge on any atom is -0.494 e. The second kappa shape index (κ2) is 10.6. The fraction of sp³-hybridized carbons (Fsp3) is 0.300. The summed E-state index contributed by atoms with van der Waals surface area (Å²) in [5.41, 5.74) is 6.10. The highest BCUT2D eigenvalue weighted by Crippen LogP contribution is 2.21. The summed E-state index contributed by atoms with van der Waals surface area (Å²) in [6.07, 6.45) is 1.98. The van der Waals surface area contributed by atoms with Crippen LogP contribution >= 0.6 is 15.9 Å². The van der Waals surface area contributed by atoms with Crippen molar-refractivity contribution in [2.45, 2.75) is 26.7 Å². The molecular formula is C20H23BrN2O4. The zero-order valence-corrected chi connectivity index (χ0v) is 17.0. The number of rotatable bonds is 8. The van der Waals surface area contributed by atoms with Gasteiger partial charge >= 0.3 is 0 Å². The van der Waals surface area contributed by atoms with E-state index in [1.54, 1.807) is 30.3 Å². The molecule has 7 heteroatoms. The Morgan fingerprint density at radius 3 is 2.56 bits per heavy atom. The van der Waals surface area contributed by atoms with Crippen molar-refractivity contribution >= 4 is 27.7 Å². The number of unbranched alkanes of at least 4 members (excludes halogenated alkanes) is 1. The van der Waals surface area contributed by atoms with Crippen LogP contribution in [0.15, 0.2) is 46.9 Å². The third-order valence-corrected chi connectivity index (χ3v) is 4.57. The van der Waals surface area contributed by atoms with Crippen molar-refractivity contribution in [3.8, 4) is 11.5 Å². The average Bonchev–Trinajstić information content (AvgIpc) is 2.67. The minimum absolute atomic E-state index is 0.207. The van der Waals surface area contributed by atoms with Gasteiger partial charge in [-0.2, -0.15) is 0 Å². The Balaban J connectivity index is 1.79. The van der Waals surface area contributed by atoms with Crippen LogP contribution < -0.4 is 20.3 Å². The van der Waals surface area contributed by atoms with Crippen LogP contribution in [0.2, 0.25) is 0 Å². The molecule has 0 unspecified atom stereocenters. The molecule has 2 rings (SSSR count). The standard InChI is InChI=1S/C20H23BrN2O4/c1-3-4-10-26-16-7-5-6-15(12-16)20(25)23-22-19(24)13-27-17-8-9-18(21)14(2)11-17/h5-9,11-12H,3-4,10,13H2,1-2H3,(H,22,24)(H,23,25). The smallest absolute Gasteiger partial charge is 0.276 e. The second-order valence-electron chi connectivity index (χ2n) is 5.93. The maximum Gasteiger partial charge on any atom is 0.276 e. The van der Waals surface area contributed by atoms with E-state index >= 15 is 0 Å². The molecule has 0 atom stereocenters. The van der Waals surface area contributed by atoms with Gasteiger partial charge in [0.2, 0.25) is 0 Å². The number of hydrogen-bond acceptors (Lipinski definition) is 4. The van der Waals surface area contributed by atoms with Gasteiger partial charge in [0.25, 0.3) is 11.8 Å². The molecule has 0 aliphatic rings. The van der Waals surface area contributed by atoms with Gasteiger partial charge in [0.05, 0.1) is 6.61 Å². The molecular weight excluding hydrogens is 412 g/mol. The van der Waals surface area contributed by atoms with Gasteiger partial charge in [-0.15, -0.1) is 0 Å². The van der Waals surface area contributed by atoms with E-state index in [4.69, 9.17) is 9.47 Å². The molecule has 0 saturated carbocycles. The number of benzene rings is 2. The van der Waals surface area contributed by atoms with Crippen molar-refractivity contribution in [2.75, 3.05) is 13.2 Å². The lowest BCUT2D eigenvalue weighted by Gasteiger charge is -2.10. The van der Waals surface area contributed by atoms with Crippen molar-refractivity contribution in [3.05, 3.63) is 58.1 Å². The number of amides is 2. The summed E-state index contributed by atoms with van der Waals surface area (Å²) in [4.78, 5) is 24.0. The predicted molar refractivity (Wildman–Crippen MR) is 107 cm³/mol. The number of aryl methyl sites for hydroxylation is 1. The first-order valence-corrected chi connectivity index (χ1v) is 9.50. The maximum atomic E-state index is 12.2. The van der Waals surface area contributed by atoms with E-state index in [1.165, 1.54) is 0 Å². The van der Waals surface area contributed by atoms with Gasteiger partial charge < -0.3 is 9.47 Å². The molecule has 0 spiro atoms. The lowest BCUT2D eigenvalue weighted by Crippen LogP contribution is -2.43. The predicted octanol–water partition coefficient (Wildman–Crippen LogP) is 3.78. The largest absolute Gasteiger partial charge is 0.494 e. The summed E-state index contributed by atoms with van der Waals surface area (Å²) in [6, 6.07) is 12.2. The number of hydrazine groups is 1. The molecule has 0 radical (unpaired) electrons. The summed E-state index contributed by atoms with van der Waals surface area (Å²) in [5, 5.41) is 0. The molecule has 0 aliphatic heterocycles. The lowest BCUT2D eigenvalue weighted by molar-refractivity contribution is -0.123. The summed E-state index contributed by atoms with van der Waals surface area (Å²) >= 11 is 3.40. The van der Waals surface area contributed by atoms with Crippen molar-refractivity contribution in [1.29, 1.82) is 0 Å². The second-order valence-corrected chi connectivity index (χ2v) is 6.79. The Bertz CT molecular complexity index is 795. The lowest BCUT2D eigenvalue weighted by atomic mass is 10.2. The number of hydrogen-bond donors (Lipinski definition) is 2. The normalized spacial score (nSPS) is 10.2. The first-order chi connectivity index (χ1) is 13.0. The third-order valence-electron chi connectivity index (χ3n) is 3.68. The summed E-state index contributed by atoms with van der Waals surface area (Å²) in [5.74, 6) is 0.313. The van der Waals surface area contributed by atoms with Crippen LogP contribution in [-0.4, -0.2) is 25.0 Å². The van der Waals surface area contributed by atoms with Gasteiger partial charge in [-0.25, -0.2) is 0 Å². The van der Waals surface area contributed by atoms with Crippen LogP contribution in [0.4, 0.5) is 0 Å². The molecule has 27 heavy (non-hydrogen) atoms. The van der Waals surface area contributed by atoms with Gasteiger partial charge in [0.1, 0.15) is 11.5 Å². The fourth-order valence-electron chi connectivity index (χ4n) is 2.15. The van der Waals surface area contributed by atoms with Crippen molar-refractivity contribution in [3.63, 3.8) is 0 Å². The Morgan fingerprint density at radius 2 is 1.81 bits per heavy atom. The molecule has 2 aromatic rings. The van der Waals surface area contributed by atoms with E-state index in [0.29, 0.717) is 23.7 Å². The van der Waals surface area contributed by atoms with Crippen molar-refractivity contribution < 1.29 is 19.1 Å². The topological polar surface area (TPSA) is 76.7 Å². The van der Waals surface area contributed by atoms with E-state index in [0.717, 1.165) is 22.9 Å². The van der Waals surface area contributed by atoms with Crippen molar-refractivity contribution in [1.82, 2.24) is 10.9 Å². The fourth-order valence-corrected chi connectivity index (χ4v) is 2.40. The monoisotopic (exact) mass is 434 g/mol. The van der Waals surface area contributed by atoms with Gasteiger partial charge in [-0.3, -0.25) is 20.4 Å². The molecule has 0 heterocycles. The SMILES string of the molecule is CCCCOc1cccc(C(=O)NNC(=O)COc2ccc(Br)c(C)c2)c1. The van der Waals surface area contributed by atoms with Crippen LogP contribution in [0.25, 0.3) is 0 Å². The average molecular weight is 435 g/mol. The molecule has 2 N–H and O–H groups in total.